The molecule has 7 nitrogen and oxygen atoms in total. The van der Waals surface area contributed by atoms with E-state index in [1.807, 2.05) is 93.6 Å². The van der Waals surface area contributed by atoms with Crippen molar-refractivity contribution >= 4 is 27.5 Å². The molecule has 41 heavy (non-hydrogen) atoms. The van der Waals surface area contributed by atoms with Gasteiger partial charge in [-0.15, -0.1) is 0 Å². The van der Waals surface area contributed by atoms with Gasteiger partial charge < -0.3 is 10.2 Å². The zero-order chi connectivity index (χ0) is 29.6. The number of amides is 2. The Morgan fingerprint density at radius 3 is 2.05 bits per heavy atom. The molecule has 2 amide bonds. The summed E-state index contributed by atoms with van der Waals surface area (Å²) in [4.78, 5) is 29.8. The molecule has 1 aliphatic carbocycles. The first-order valence-electron chi connectivity index (χ1n) is 14.3. The molecule has 1 aliphatic rings. The molecule has 0 aliphatic heterocycles. The van der Waals surface area contributed by atoms with Crippen LogP contribution in [0.15, 0.2) is 72.8 Å². The van der Waals surface area contributed by atoms with E-state index in [0.29, 0.717) is 12.1 Å². The van der Waals surface area contributed by atoms with Crippen molar-refractivity contribution in [2.45, 2.75) is 71.5 Å². The molecule has 1 N–H and O–H groups in total. The van der Waals surface area contributed by atoms with Crippen LogP contribution in [0.3, 0.4) is 0 Å². The first kappa shape index (κ1) is 30.3. The fourth-order valence-electron chi connectivity index (χ4n) is 5.59. The van der Waals surface area contributed by atoms with E-state index in [1.54, 1.807) is 4.90 Å². The molecule has 0 bridgehead atoms. The number of benzene rings is 3. The molecule has 1 fully saturated rings. The SMILES string of the molecule is Cc1ccc(CN(C(=O)CN(c2c(C)cccc2C)S(C)(=O)=O)C(Cc2ccccc2)C(=O)NC2CCCC2)cc1. The van der Waals surface area contributed by atoms with Crippen molar-refractivity contribution in [3.63, 3.8) is 0 Å². The van der Waals surface area contributed by atoms with Crippen LogP contribution in [0.25, 0.3) is 0 Å². The van der Waals surface area contributed by atoms with Gasteiger partial charge in [0.25, 0.3) is 0 Å². The van der Waals surface area contributed by atoms with E-state index in [4.69, 9.17) is 0 Å². The fraction of sp³-hybridized carbons (Fsp3) is 0.394. The highest BCUT2D eigenvalue weighted by Gasteiger charge is 2.34. The van der Waals surface area contributed by atoms with Crippen molar-refractivity contribution in [3.8, 4) is 0 Å². The second kappa shape index (κ2) is 13.3. The predicted octanol–water partition coefficient (Wildman–Crippen LogP) is 5.08. The number of sulfonamides is 1. The smallest absolute Gasteiger partial charge is 0.244 e. The number of anilines is 1. The van der Waals surface area contributed by atoms with Crippen LogP contribution in [0, 0.1) is 20.8 Å². The Kier molecular flexibility index (Phi) is 9.86. The Morgan fingerprint density at radius 2 is 1.46 bits per heavy atom. The lowest BCUT2D eigenvalue weighted by atomic mass is 10.0. The molecule has 0 spiro atoms. The molecular formula is C33H41N3O4S. The van der Waals surface area contributed by atoms with Crippen molar-refractivity contribution in [1.82, 2.24) is 10.2 Å². The van der Waals surface area contributed by atoms with Gasteiger partial charge in [-0.1, -0.05) is 91.2 Å². The number of rotatable bonds is 11. The second-order valence-electron chi connectivity index (χ2n) is 11.2. The van der Waals surface area contributed by atoms with Crippen LogP contribution in [0.4, 0.5) is 5.69 Å². The summed E-state index contributed by atoms with van der Waals surface area (Å²) in [6, 6.07) is 22.3. The lowest BCUT2D eigenvalue weighted by molar-refractivity contribution is -0.140. The minimum atomic E-state index is -3.81. The molecule has 3 aromatic carbocycles. The number of hydrogen-bond donors (Lipinski definition) is 1. The van der Waals surface area contributed by atoms with Crippen LogP contribution in [0.2, 0.25) is 0 Å². The van der Waals surface area contributed by atoms with Crippen LogP contribution >= 0.6 is 0 Å². The van der Waals surface area contributed by atoms with Crippen LogP contribution in [0.1, 0.15) is 53.5 Å². The first-order chi connectivity index (χ1) is 19.5. The third-order valence-corrected chi connectivity index (χ3v) is 8.93. The first-order valence-corrected chi connectivity index (χ1v) is 16.1. The predicted molar refractivity (Wildman–Crippen MR) is 164 cm³/mol. The van der Waals surface area contributed by atoms with Gasteiger partial charge in [-0.05, 0) is 55.9 Å². The van der Waals surface area contributed by atoms with Crippen LogP contribution in [-0.2, 0) is 32.6 Å². The summed E-state index contributed by atoms with van der Waals surface area (Å²) in [5, 5.41) is 3.20. The summed E-state index contributed by atoms with van der Waals surface area (Å²) in [5.41, 5.74) is 4.89. The van der Waals surface area contributed by atoms with E-state index in [0.717, 1.165) is 59.8 Å². The van der Waals surface area contributed by atoms with Gasteiger partial charge in [0.2, 0.25) is 21.8 Å². The molecule has 0 heterocycles. The minimum Gasteiger partial charge on any atom is -0.352 e. The topological polar surface area (TPSA) is 86.8 Å². The Balaban J connectivity index is 1.74. The average Bonchev–Trinajstić information content (AvgIpc) is 3.44. The molecular weight excluding hydrogens is 534 g/mol. The molecule has 3 aromatic rings. The Morgan fingerprint density at radius 1 is 0.854 bits per heavy atom. The second-order valence-corrected chi connectivity index (χ2v) is 13.1. The van der Waals surface area contributed by atoms with Crippen molar-refractivity contribution in [2.75, 3.05) is 17.1 Å². The quantitative estimate of drug-likeness (QED) is 0.346. The van der Waals surface area contributed by atoms with E-state index >= 15 is 0 Å². The number of carbonyl (C=O) groups excluding carboxylic acids is 2. The van der Waals surface area contributed by atoms with E-state index < -0.39 is 28.5 Å². The van der Waals surface area contributed by atoms with Gasteiger partial charge in [-0.2, -0.15) is 0 Å². The third-order valence-electron chi connectivity index (χ3n) is 7.81. The van der Waals surface area contributed by atoms with Gasteiger partial charge in [-0.25, -0.2) is 8.42 Å². The summed E-state index contributed by atoms with van der Waals surface area (Å²) in [7, 11) is -3.81. The fourth-order valence-corrected chi connectivity index (χ4v) is 6.55. The standard InChI is InChI=1S/C33H41N3O4S/c1-24-17-19-28(20-18-24)22-35(31(37)23-36(41(4,39)40)32-25(2)11-10-12-26(32)3)30(21-27-13-6-5-7-14-27)33(38)34-29-15-8-9-16-29/h5-7,10-14,17-20,29-30H,8-9,15-16,21-23H2,1-4H3,(H,34,38). The average molecular weight is 576 g/mol. The summed E-state index contributed by atoms with van der Waals surface area (Å²) < 4.78 is 27.4. The van der Waals surface area contributed by atoms with Gasteiger partial charge in [0.15, 0.2) is 0 Å². The summed E-state index contributed by atoms with van der Waals surface area (Å²) >= 11 is 0. The highest BCUT2D eigenvalue weighted by atomic mass is 32.2. The van der Waals surface area contributed by atoms with Crippen LogP contribution in [-0.4, -0.2) is 50.0 Å². The van der Waals surface area contributed by atoms with Crippen molar-refractivity contribution in [1.29, 1.82) is 0 Å². The number of carbonyl (C=O) groups is 2. The maximum Gasteiger partial charge on any atom is 0.244 e. The maximum atomic E-state index is 14.3. The van der Waals surface area contributed by atoms with Gasteiger partial charge in [-0.3, -0.25) is 13.9 Å². The largest absolute Gasteiger partial charge is 0.352 e. The lowest BCUT2D eigenvalue weighted by Gasteiger charge is -2.34. The molecule has 1 unspecified atom stereocenters. The van der Waals surface area contributed by atoms with Gasteiger partial charge in [0, 0.05) is 19.0 Å². The van der Waals surface area contributed by atoms with E-state index in [-0.39, 0.29) is 18.5 Å². The highest BCUT2D eigenvalue weighted by molar-refractivity contribution is 7.92. The molecule has 218 valence electrons. The van der Waals surface area contributed by atoms with Gasteiger partial charge in [0.05, 0.1) is 11.9 Å². The normalized spacial score (nSPS) is 14.4. The third kappa shape index (κ3) is 7.97. The van der Waals surface area contributed by atoms with Crippen LogP contribution < -0.4 is 9.62 Å². The number of nitrogens with one attached hydrogen (secondary N) is 1. The van der Waals surface area contributed by atoms with Crippen LogP contribution in [0.5, 0.6) is 0 Å². The van der Waals surface area contributed by atoms with E-state index in [1.165, 1.54) is 4.31 Å². The Bertz CT molecular complexity index is 1430. The highest BCUT2D eigenvalue weighted by Crippen LogP contribution is 2.27. The van der Waals surface area contributed by atoms with Gasteiger partial charge in [0.1, 0.15) is 12.6 Å². The van der Waals surface area contributed by atoms with E-state index in [2.05, 4.69) is 5.32 Å². The summed E-state index contributed by atoms with van der Waals surface area (Å²) in [6.45, 7) is 5.44. The molecule has 1 atom stereocenters. The van der Waals surface area contributed by atoms with Gasteiger partial charge >= 0.3 is 0 Å². The van der Waals surface area contributed by atoms with Crippen molar-refractivity contribution in [2.24, 2.45) is 0 Å². The number of para-hydroxylation sites is 1. The lowest BCUT2D eigenvalue weighted by Crippen LogP contribution is -2.54. The number of hydrogen-bond acceptors (Lipinski definition) is 4. The summed E-state index contributed by atoms with van der Waals surface area (Å²) in [6.07, 6.45) is 5.41. The molecule has 4 rings (SSSR count). The van der Waals surface area contributed by atoms with Crippen molar-refractivity contribution in [3.05, 3.63) is 101 Å². The molecule has 0 aromatic heterocycles. The molecule has 0 radical (unpaired) electrons. The van der Waals surface area contributed by atoms with Crippen molar-refractivity contribution < 1.29 is 18.0 Å². The molecule has 8 heteroatoms. The monoisotopic (exact) mass is 575 g/mol. The Hall–Kier alpha value is -3.65. The van der Waals surface area contributed by atoms with E-state index in [9.17, 15) is 18.0 Å². The Labute approximate surface area is 244 Å². The zero-order valence-electron chi connectivity index (χ0n) is 24.5. The maximum absolute atomic E-state index is 14.3. The summed E-state index contributed by atoms with van der Waals surface area (Å²) in [5.74, 6) is -0.639. The number of aryl methyl sites for hydroxylation is 3. The molecule has 1 saturated carbocycles. The number of nitrogens with zero attached hydrogens (tertiary/aromatic N) is 2. The zero-order valence-corrected chi connectivity index (χ0v) is 25.3. The minimum absolute atomic E-state index is 0.0826. The molecule has 0 saturated heterocycles.